The smallest absolute Gasteiger partial charge is 0.370 e. The number of alkyl halides is 3. The van der Waals surface area contributed by atoms with Gasteiger partial charge < -0.3 is 15.4 Å². The Morgan fingerprint density at radius 3 is 2.63 bits per heavy atom. The van der Waals surface area contributed by atoms with E-state index in [0.29, 0.717) is 0 Å². The van der Waals surface area contributed by atoms with Crippen molar-refractivity contribution in [1.82, 2.24) is 15.5 Å². The van der Waals surface area contributed by atoms with Gasteiger partial charge in [-0.3, -0.25) is 9.69 Å². The fourth-order valence-corrected chi connectivity index (χ4v) is 1.82. The first-order valence-electron chi connectivity index (χ1n) is 6.27. The van der Waals surface area contributed by atoms with E-state index in [1.807, 2.05) is 4.90 Å². The van der Waals surface area contributed by atoms with Gasteiger partial charge in [-0.25, -0.2) is 0 Å². The predicted molar refractivity (Wildman–Crippen MR) is 63.8 cm³/mol. The van der Waals surface area contributed by atoms with Crippen molar-refractivity contribution in [3.63, 3.8) is 0 Å². The van der Waals surface area contributed by atoms with Crippen LogP contribution in [0.4, 0.5) is 13.2 Å². The van der Waals surface area contributed by atoms with E-state index in [1.165, 1.54) is 0 Å². The Hall–Kier alpha value is -0.860. The van der Waals surface area contributed by atoms with Crippen molar-refractivity contribution in [2.75, 3.05) is 45.9 Å². The van der Waals surface area contributed by atoms with Crippen LogP contribution >= 0.6 is 0 Å². The van der Waals surface area contributed by atoms with Gasteiger partial charge in [-0.15, -0.1) is 0 Å². The van der Waals surface area contributed by atoms with E-state index < -0.39 is 12.8 Å². The summed E-state index contributed by atoms with van der Waals surface area (Å²) in [6.07, 6.45) is -4.32. The molecule has 0 saturated carbocycles. The van der Waals surface area contributed by atoms with Crippen LogP contribution in [0.1, 0.15) is 6.92 Å². The van der Waals surface area contributed by atoms with Crippen LogP contribution in [0.25, 0.3) is 0 Å². The van der Waals surface area contributed by atoms with Crippen molar-refractivity contribution in [2.24, 2.45) is 0 Å². The zero-order chi connectivity index (χ0) is 14.3. The number of carbonyl (C=O) groups is 1. The van der Waals surface area contributed by atoms with Crippen LogP contribution in [0, 0.1) is 0 Å². The Balaban J connectivity index is 2.12. The SMILES string of the molecule is CC(C(=O)NCCOCC(F)(F)F)N1CCNCC1. The molecule has 1 rings (SSSR count). The standard InChI is InChI=1S/C11H20F3N3O2/c1-9(17-5-2-15-3-6-17)10(18)16-4-7-19-8-11(12,13)14/h9,15H,2-8H2,1H3,(H,16,18). The molecule has 112 valence electrons. The topological polar surface area (TPSA) is 53.6 Å². The summed E-state index contributed by atoms with van der Waals surface area (Å²) >= 11 is 0. The summed E-state index contributed by atoms with van der Waals surface area (Å²) in [6, 6.07) is -0.273. The highest BCUT2D eigenvalue weighted by molar-refractivity contribution is 5.81. The minimum absolute atomic E-state index is 0.0886. The lowest BCUT2D eigenvalue weighted by Crippen LogP contribution is -2.53. The van der Waals surface area contributed by atoms with E-state index in [-0.39, 0.29) is 25.1 Å². The lowest BCUT2D eigenvalue weighted by Gasteiger charge is -2.31. The van der Waals surface area contributed by atoms with Gasteiger partial charge in [-0.05, 0) is 6.92 Å². The molecule has 5 nitrogen and oxygen atoms in total. The monoisotopic (exact) mass is 283 g/mol. The molecular formula is C11H20F3N3O2. The van der Waals surface area contributed by atoms with Gasteiger partial charge >= 0.3 is 6.18 Å². The van der Waals surface area contributed by atoms with Crippen molar-refractivity contribution in [1.29, 1.82) is 0 Å². The van der Waals surface area contributed by atoms with Crippen LogP contribution in [0.2, 0.25) is 0 Å². The Bertz CT molecular complexity index is 281. The molecule has 0 aromatic heterocycles. The average Bonchev–Trinajstić information content (AvgIpc) is 2.37. The summed E-state index contributed by atoms with van der Waals surface area (Å²) in [4.78, 5) is 13.8. The van der Waals surface area contributed by atoms with E-state index in [9.17, 15) is 18.0 Å². The highest BCUT2D eigenvalue weighted by Gasteiger charge is 2.27. The second kappa shape index (κ2) is 7.66. The van der Waals surface area contributed by atoms with Gasteiger partial charge in [-0.1, -0.05) is 0 Å². The van der Waals surface area contributed by atoms with Crippen LogP contribution in [0.5, 0.6) is 0 Å². The summed E-state index contributed by atoms with van der Waals surface area (Å²) in [5, 5.41) is 5.76. The number of amides is 1. The second-order valence-electron chi connectivity index (χ2n) is 4.42. The molecule has 0 radical (unpaired) electrons. The van der Waals surface area contributed by atoms with Gasteiger partial charge in [0.25, 0.3) is 0 Å². The molecule has 0 aromatic rings. The molecule has 0 spiro atoms. The van der Waals surface area contributed by atoms with Crippen molar-refractivity contribution in [3.8, 4) is 0 Å². The molecule has 1 aliphatic heterocycles. The summed E-state index contributed by atoms with van der Waals surface area (Å²) < 4.78 is 39.8. The fourth-order valence-electron chi connectivity index (χ4n) is 1.82. The summed E-state index contributed by atoms with van der Waals surface area (Å²) in [5.41, 5.74) is 0. The number of hydrogen-bond donors (Lipinski definition) is 2. The maximum absolute atomic E-state index is 11.8. The van der Waals surface area contributed by atoms with E-state index in [0.717, 1.165) is 26.2 Å². The molecule has 19 heavy (non-hydrogen) atoms. The maximum atomic E-state index is 11.8. The number of piperazine rings is 1. The van der Waals surface area contributed by atoms with E-state index in [1.54, 1.807) is 6.92 Å². The van der Waals surface area contributed by atoms with Crippen molar-refractivity contribution in [3.05, 3.63) is 0 Å². The number of nitrogens with zero attached hydrogens (tertiary/aromatic N) is 1. The molecule has 1 atom stereocenters. The molecule has 1 amide bonds. The zero-order valence-electron chi connectivity index (χ0n) is 10.9. The van der Waals surface area contributed by atoms with Crippen molar-refractivity contribution >= 4 is 5.91 Å². The van der Waals surface area contributed by atoms with Crippen molar-refractivity contribution in [2.45, 2.75) is 19.1 Å². The van der Waals surface area contributed by atoms with Crippen LogP contribution < -0.4 is 10.6 Å². The largest absolute Gasteiger partial charge is 0.411 e. The average molecular weight is 283 g/mol. The van der Waals surface area contributed by atoms with Gasteiger partial charge in [-0.2, -0.15) is 13.2 Å². The molecule has 1 fully saturated rings. The Labute approximate surface area is 110 Å². The third-order valence-electron chi connectivity index (χ3n) is 2.89. The molecule has 1 aliphatic rings. The fraction of sp³-hybridized carbons (Fsp3) is 0.909. The molecule has 0 aromatic carbocycles. The number of rotatable bonds is 6. The third-order valence-corrected chi connectivity index (χ3v) is 2.89. The molecule has 1 saturated heterocycles. The highest BCUT2D eigenvalue weighted by Crippen LogP contribution is 2.13. The third kappa shape index (κ3) is 6.74. The molecule has 1 heterocycles. The molecule has 8 heteroatoms. The molecule has 1 unspecified atom stereocenters. The van der Waals surface area contributed by atoms with E-state index in [4.69, 9.17) is 0 Å². The maximum Gasteiger partial charge on any atom is 0.411 e. The van der Waals surface area contributed by atoms with Crippen LogP contribution in [-0.4, -0.2) is 69.0 Å². The first kappa shape index (κ1) is 16.2. The number of ether oxygens (including phenoxy) is 1. The Morgan fingerprint density at radius 2 is 2.05 bits per heavy atom. The molecule has 0 bridgehead atoms. The number of carbonyl (C=O) groups excluding carboxylic acids is 1. The first-order chi connectivity index (χ1) is 8.90. The lowest BCUT2D eigenvalue weighted by molar-refractivity contribution is -0.173. The van der Waals surface area contributed by atoms with Gasteiger partial charge in [0.05, 0.1) is 12.6 Å². The lowest BCUT2D eigenvalue weighted by atomic mass is 10.2. The van der Waals surface area contributed by atoms with Gasteiger partial charge in [0, 0.05) is 32.7 Å². The predicted octanol–water partition coefficient (Wildman–Crippen LogP) is -0.0248. The molecule has 0 aliphatic carbocycles. The van der Waals surface area contributed by atoms with Gasteiger partial charge in [0.2, 0.25) is 5.91 Å². The minimum Gasteiger partial charge on any atom is -0.370 e. The Morgan fingerprint density at radius 1 is 1.42 bits per heavy atom. The zero-order valence-corrected chi connectivity index (χ0v) is 10.9. The summed E-state index contributed by atoms with van der Waals surface area (Å²) in [6.45, 7) is 3.72. The highest BCUT2D eigenvalue weighted by atomic mass is 19.4. The number of nitrogens with one attached hydrogen (secondary N) is 2. The minimum atomic E-state index is -4.32. The second-order valence-corrected chi connectivity index (χ2v) is 4.42. The van der Waals surface area contributed by atoms with Crippen LogP contribution in [-0.2, 0) is 9.53 Å². The van der Waals surface area contributed by atoms with E-state index >= 15 is 0 Å². The van der Waals surface area contributed by atoms with E-state index in [2.05, 4.69) is 15.4 Å². The first-order valence-corrected chi connectivity index (χ1v) is 6.27. The van der Waals surface area contributed by atoms with Crippen LogP contribution in [0.15, 0.2) is 0 Å². The van der Waals surface area contributed by atoms with Gasteiger partial charge in [0.15, 0.2) is 0 Å². The number of halogens is 3. The summed E-state index contributed by atoms with van der Waals surface area (Å²) in [7, 11) is 0. The number of hydrogen-bond acceptors (Lipinski definition) is 4. The molecule has 2 N–H and O–H groups in total. The van der Waals surface area contributed by atoms with Crippen LogP contribution in [0.3, 0.4) is 0 Å². The van der Waals surface area contributed by atoms with Crippen molar-refractivity contribution < 1.29 is 22.7 Å². The molecular weight excluding hydrogens is 263 g/mol. The summed E-state index contributed by atoms with van der Waals surface area (Å²) in [5.74, 6) is -0.183. The van der Waals surface area contributed by atoms with Gasteiger partial charge in [0.1, 0.15) is 6.61 Å². The quantitative estimate of drug-likeness (QED) is 0.673. The normalized spacial score (nSPS) is 19.2. The Kier molecular flexibility index (Phi) is 6.53.